The van der Waals surface area contributed by atoms with Crippen molar-refractivity contribution in [2.75, 3.05) is 19.9 Å². The van der Waals surface area contributed by atoms with Gasteiger partial charge in [-0.05, 0) is 128 Å². The first kappa shape index (κ1) is 71.0. The molecule has 7 aromatic carbocycles. The summed E-state index contributed by atoms with van der Waals surface area (Å²) in [6, 6.07) is 50.4. The molecule has 12 nitrogen and oxygen atoms in total. The third-order valence-corrected chi connectivity index (χ3v) is 18.2. The second-order valence-electron chi connectivity index (χ2n) is 19.3. The van der Waals surface area contributed by atoms with Gasteiger partial charge in [0.2, 0.25) is 17.7 Å². The van der Waals surface area contributed by atoms with E-state index < -0.39 is 31.0 Å². The van der Waals surface area contributed by atoms with Crippen LogP contribution in [-0.2, 0) is 0 Å². The topological polar surface area (TPSA) is 225 Å². The minimum absolute atomic E-state index is 0.0248. The van der Waals surface area contributed by atoms with Crippen molar-refractivity contribution in [2.45, 2.75) is 103 Å². The molecule has 7 rings (SSSR count). The number of carboxylic acid groups (broad SMARTS) is 1. The zero-order chi connectivity index (χ0) is 61.7. The SMILES string of the molecule is C#CCCCCCCCCCOc1ccc(Cl)c(C(N)=O)c1.CCCCCCCCCOc1ccc(Cl)c(C(N)=O)c1.C[P+](c1ccccc1)(c1ccccc1)c1ccccc1.NC(=O)c1cc(O)ccc1Cl.O=C(O)c1cc(O)ccc1Cl. The van der Waals surface area contributed by atoms with E-state index in [-0.39, 0.29) is 32.7 Å². The molecule has 17 heteroatoms. The maximum Gasteiger partial charge on any atom is 0.337 e. The highest BCUT2D eigenvalue weighted by Gasteiger charge is 2.39. The van der Waals surface area contributed by atoms with Crippen LogP contribution in [0.15, 0.2) is 164 Å². The van der Waals surface area contributed by atoms with E-state index in [0.717, 1.165) is 38.2 Å². The Morgan fingerprint density at radius 2 is 0.762 bits per heavy atom. The summed E-state index contributed by atoms with van der Waals surface area (Å²) >= 11 is 22.8. The monoisotopic (exact) mass is 1240 g/mol. The molecule has 84 heavy (non-hydrogen) atoms. The molecule has 0 heterocycles. The van der Waals surface area contributed by atoms with Crippen molar-refractivity contribution in [2.24, 2.45) is 17.2 Å². The molecule has 0 bridgehead atoms. The van der Waals surface area contributed by atoms with Crippen LogP contribution in [0, 0.1) is 12.3 Å². The fourth-order valence-electron chi connectivity index (χ4n) is 8.22. The lowest BCUT2D eigenvalue weighted by molar-refractivity contribution is 0.0695. The molecule has 0 aliphatic carbocycles. The summed E-state index contributed by atoms with van der Waals surface area (Å²) < 4.78 is 11.2. The van der Waals surface area contributed by atoms with E-state index in [1.807, 2.05) is 0 Å². The van der Waals surface area contributed by atoms with Gasteiger partial charge in [-0.3, -0.25) is 14.4 Å². The number of halogens is 4. The minimum Gasteiger partial charge on any atom is -0.508 e. The molecule has 3 amide bonds. The number of amides is 3. The smallest absolute Gasteiger partial charge is 0.337 e. The van der Waals surface area contributed by atoms with Gasteiger partial charge in [0.25, 0.3) is 0 Å². The van der Waals surface area contributed by atoms with E-state index in [0.29, 0.717) is 45.9 Å². The van der Waals surface area contributed by atoms with Gasteiger partial charge in [0.05, 0.1) is 62.2 Å². The average Bonchev–Trinajstić information content (AvgIpc) is 3.05. The van der Waals surface area contributed by atoms with Gasteiger partial charge in [-0.1, -0.05) is 179 Å². The van der Waals surface area contributed by atoms with Crippen LogP contribution in [0.4, 0.5) is 0 Å². The number of ether oxygens (including phenoxy) is 2. The quantitative estimate of drug-likeness (QED) is 0.0172. The molecule has 0 aromatic heterocycles. The van der Waals surface area contributed by atoms with Gasteiger partial charge in [-0.2, -0.15) is 0 Å². The molecule has 0 aliphatic heterocycles. The highest BCUT2D eigenvalue weighted by Crippen LogP contribution is 2.51. The Bertz CT molecular complexity index is 2990. The number of rotatable bonds is 26. The summed E-state index contributed by atoms with van der Waals surface area (Å²) in [5.41, 5.74) is 16.1. The fourth-order valence-corrected chi connectivity index (χ4v) is 12.3. The van der Waals surface area contributed by atoms with E-state index in [9.17, 15) is 19.2 Å². The number of carboxylic acids is 1. The average molecular weight is 1240 g/mol. The zero-order valence-electron chi connectivity index (χ0n) is 47.7. The van der Waals surface area contributed by atoms with Gasteiger partial charge in [0, 0.05) is 6.42 Å². The van der Waals surface area contributed by atoms with Gasteiger partial charge >= 0.3 is 5.97 Å². The van der Waals surface area contributed by atoms with Crippen LogP contribution in [0.25, 0.3) is 0 Å². The normalized spacial score (nSPS) is 10.3. The second-order valence-corrected chi connectivity index (χ2v) is 24.5. The Morgan fingerprint density at radius 1 is 0.452 bits per heavy atom. The van der Waals surface area contributed by atoms with Crippen molar-refractivity contribution in [1.82, 2.24) is 0 Å². The minimum atomic E-state index is -1.53. The molecule has 0 saturated carbocycles. The number of primary amides is 3. The van der Waals surface area contributed by atoms with Crippen LogP contribution in [-0.4, -0.2) is 58.9 Å². The van der Waals surface area contributed by atoms with Crippen molar-refractivity contribution in [3.05, 3.63) is 206 Å². The second kappa shape index (κ2) is 40.1. The Hall–Kier alpha value is -7.23. The standard InChI is InChI=1S/C19H18P.C18H24ClNO2.C16H24ClNO2.C7H6ClNO2.C7H5ClO3/c1-20(17-11-5-2-6-12-17,18-13-7-3-8-14-18)19-15-9-4-10-16-19;1-2-3-4-5-6-7-8-9-10-13-22-15-11-12-17(19)16(14-15)18(20)21;1-2-3-4-5-6-7-8-11-20-13-9-10-15(17)14(12-13)16(18)19;8-6-2-1-4(10)3-5(6)7(9)11;8-6-2-1-4(9)3-5(6)7(10)11/h2-16H,1H3;1,11-12,14H,3-10,13H2,(H2,20,21);9-10,12H,2-8,11H2,1H3,(H2,18,19);1-3,10H,(H2,9,11);1-3,9H,(H,10,11)/q+1;;;;. The number of aromatic hydroxyl groups is 2. The van der Waals surface area contributed by atoms with Gasteiger partial charge < -0.3 is 42.0 Å². The molecule has 0 unspecified atom stereocenters. The molecular formula is C67H77Cl4N3O9P+. The number of aromatic carboxylic acids is 1. The zero-order valence-corrected chi connectivity index (χ0v) is 51.6. The highest BCUT2D eigenvalue weighted by molar-refractivity contribution is 7.95. The maximum absolute atomic E-state index is 11.2. The van der Waals surface area contributed by atoms with E-state index in [1.165, 1.54) is 110 Å². The molecule has 446 valence electrons. The van der Waals surface area contributed by atoms with E-state index in [4.69, 9.17) is 94.8 Å². The van der Waals surface area contributed by atoms with Crippen LogP contribution in [0.3, 0.4) is 0 Å². The Labute approximate surface area is 515 Å². The van der Waals surface area contributed by atoms with Crippen molar-refractivity contribution in [3.63, 3.8) is 0 Å². The van der Waals surface area contributed by atoms with Crippen molar-refractivity contribution in [3.8, 4) is 35.3 Å². The Kier molecular flexibility index (Phi) is 33.9. The first-order valence-electron chi connectivity index (χ1n) is 27.7. The molecule has 0 saturated heterocycles. The summed E-state index contributed by atoms with van der Waals surface area (Å²) in [6.07, 6.45) is 23.0. The molecule has 7 aromatic rings. The van der Waals surface area contributed by atoms with Crippen LogP contribution in [0.2, 0.25) is 20.1 Å². The van der Waals surface area contributed by atoms with Crippen molar-refractivity contribution >= 4 is 93.3 Å². The molecular weight excluding hydrogens is 1160 g/mol. The highest BCUT2D eigenvalue weighted by atomic mass is 35.5. The number of phenols is 2. The number of hydrogen-bond acceptors (Lipinski definition) is 8. The third-order valence-electron chi connectivity index (χ3n) is 12.9. The number of carbonyl (C=O) groups is 4. The lowest BCUT2D eigenvalue weighted by atomic mass is 10.1. The van der Waals surface area contributed by atoms with Gasteiger partial charge in [-0.15, -0.1) is 12.3 Å². The molecule has 0 spiro atoms. The van der Waals surface area contributed by atoms with Crippen molar-refractivity contribution in [1.29, 1.82) is 0 Å². The van der Waals surface area contributed by atoms with Crippen LogP contribution >= 0.6 is 53.7 Å². The first-order valence-corrected chi connectivity index (χ1v) is 31.5. The fraction of sp³-hybridized carbons (Fsp3) is 0.284. The molecule has 0 fully saturated rings. The predicted octanol–water partition coefficient (Wildman–Crippen LogP) is 15.6. The largest absolute Gasteiger partial charge is 0.508 e. The van der Waals surface area contributed by atoms with E-state index >= 15 is 0 Å². The van der Waals surface area contributed by atoms with Crippen LogP contribution < -0.4 is 42.6 Å². The molecule has 9 N–H and O–H groups in total. The number of terminal acetylenes is 1. The number of carbonyl (C=O) groups excluding carboxylic acids is 3. The van der Waals surface area contributed by atoms with Gasteiger partial charge in [0.15, 0.2) is 0 Å². The maximum atomic E-state index is 11.2. The summed E-state index contributed by atoms with van der Waals surface area (Å²) in [4.78, 5) is 43.3. The lowest BCUT2D eigenvalue weighted by Crippen LogP contribution is -2.30. The summed E-state index contributed by atoms with van der Waals surface area (Å²) in [5, 5.41) is 31.6. The van der Waals surface area contributed by atoms with E-state index in [2.05, 4.69) is 111 Å². The number of unbranched alkanes of at least 4 members (excludes halogenated alkanes) is 13. The van der Waals surface area contributed by atoms with E-state index in [1.54, 1.807) is 36.4 Å². The lowest BCUT2D eigenvalue weighted by Gasteiger charge is -2.22. The van der Waals surface area contributed by atoms with Gasteiger partial charge in [-0.25, -0.2) is 4.79 Å². The summed E-state index contributed by atoms with van der Waals surface area (Å²) in [6.45, 7) is 5.93. The van der Waals surface area contributed by atoms with Crippen LogP contribution in [0.1, 0.15) is 145 Å². The Morgan fingerprint density at radius 3 is 1.08 bits per heavy atom. The van der Waals surface area contributed by atoms with Crippen LogP contribution in [0.5, 0.6) is 23.0 Å². The molecule has 0 atom stereocenters. The van der Waals surface area contributed by atoms with Gasteiger partial charge in [0.1, 0.15) is 46.2 Å². The number of benzene rings is 7. The predicted molar refractivity (Wildman–Crippen MR) is 347 cm³/mol. The number of phenolic OH excluding ortho intramolecular Hbond substituents is 2. The number of nitrogens with two attached hydrogens (primary N) is 3. The molecule has 0 radical (unpaired) electrons. The third kappa shape index (κ3) is 26.1. The summed E-state index contributed by atoms with van der Waals surface area (Å²) in [7, 11) is -1.53. The Balaban J connectivity index is 0.000000282. The summed E-state index contributed by atoms with van der Waals surface area (Å²) in [5.74, 6) is 0.945. The number of hydrogen-bond donors (Lipinski definition) is 6. The first-order chi connectivity index (χ1) is 40.3. The molecule has 0 aliphatic rings. The van der Waals surface area contributed by atoms with Crippen molar-refractivity contribution < 1.29 is 44.0 Å².